The predicted octanol–water partition coefficient (Wildman–Crippen LogP) is 3.61. The number of carbonyl (C=O) groups is 2. The quantitative estimate of drug-likeness (QED) is 0.428. The Morgan fingerprint density at radius 1 is 1.07 bits per heavy atom. The minimum atomic E-state index is -0.546. The van der Waals surface area contributed by atoms with Gasteiger partial charge in [-0.1, -0.05) is 22.0 Å². The van der Waals surface area contributed by atoms with Crippen LogP contribution in [0.1, 0.15) is 11.1 Å². The number of hydrogen-bond donors (Lipinski definition) is 1. The number of aryl methyl sites for hydroxylation is 1. The minimum Gasteiger partial charge on any atom is -0.493 e. The van der Waals surface area contributed by atoms with Crippen LogP contribution in [0.5, 0.6) is 11.5 Å². The first-order valence-electron chi connectivity index (χ1n) is 8.25. The minimum absolute atomic E-state index is 0.0249. The molecule has 8 heteroatoms. The molecule has 6 nitrogen and oxygen atoms in total. The fraction of sp³-hybridized carbons (Fsp3) is 0.150. The number of nitrogens with one attached hydrogen (secondary N) is 1. The van der Waals surface area contributed by atoms with Crippen molar-refractivity contribution in [2.45, 2.75) is 6.92 Å². The first-order chi connectivity index (χ1) is 13.3. The summed E-state index contributed by atoms with van der Waals surface area (Å²) in [6, 6.07) is 10.6. The summed E-state index contributed by atoms with van der Waals surface area (Å²) in [5, 5.41) is 2.63. The number of hydrogen-bond acceptors (Lipinski definition) is 5. The lowest BCUT2D eigenvalue weighted by atomic mass is 10.1. The number of amides is 2. The molecule has 1 aliphatic rings. The van der Waals surface area contributed by atoms with Gasteiger partial charge in [-0.05, 0) is 66.7 Å². The third-order valence-electron chi connectivity index (χ3n) is 4.22. The van der Waals surface area contributed by atoms with E-state index in [4.69, 9.17) is 21.7 Å². The standard InChI is InChI=1S/C20H17BrN2O4S/c1-11-8-13(21)5-6-15(11)23-19(25)14(18(24)22-20(23)28)9-12-4-7-16(26-2)17(10-12)27-3/h4-10H,1-3H3,(H,22,24,28). The van der Waals surface area contributed by atoms with Gasteiger partial charge in [0, 0.05) is 4.47 Å². The average molecular weight is 461 g/mol. The van der Waals surface area contributed by atoms with Crippen LogP contribution in [0.3, 0.4) is 0 Å². The topological polar surface area (TPSA) is 67.9 Å². The Labute approximate surface area is 176 Å². The molecule has 0 radical (unpaired) electrons. The molecule has 1 aliphatic heterocycles. The largest absolute Gasteiger partial charge is 0.493 e. The van der Waals surface area contributed by atoms with Crippen LogP contribution in [-0.2, 0) is 9.59 Å². The van der Waals surface area contributed by atoms with Crippen LogP contribution in [0, 0.1) is 6.92 Å². The molecule has 1 N–H and O–H groups in total. The Balaban J connectivity index is 2.04. The molecule has 0 spiro atoms. The number of benzene rings is 2. The number of nitrogens with zero attached hydrogens (tertiary/aromatic N) is 1. The van der Waals surface area contributed by atoms with Gasteiger partial charge in [-0.25, -0.2) is 0 Å². The highest BCUT2D eigenvalue weighted by Gasteiger charge is 2.35. The number of anilines is 1. The summed E-state index contributed by atoms with van der Waals surface area (Å²) in [4.78, 5) is 26.9. The SMILES string of the molecule is COc1ccc(C=C2C(=O)NC(=S)N(c3ccc(Br)cc3C)C2=O)cc1OC. The van der Waals surface area contributed by atoms with Crippen LogP contribution in [0.4, 0.5) is 5.69 Å². The second-order valence-corrected chi connectivity index (χ2v) is 7.31. The lowest BCUT2D eigenvalue weighted by Crippen LogP contribution is -2.54. The summed E-state index contributed by atoms with van der Waals surface area (Å²) in [6.07, 6.45) is 1.50. The number of ether oxygens (including phenoxy) is 2. The Kier molecular flexibility index (Phi) is 5.81. The molecule has 0 atom stereocenters. The van der Waals surface area contributed by atoms with Crippen LogP contribution in [-0.4, -0.2) is 31.1 Å². The van der Waals surface area contributed by atoms with E-state index in [1.165, 1.54) is 25.2 Å². The monoisotopic (exact) mass is 460 g/mol. The van der Waals surface area contributed by atoms with Crippen molar-refractivity contribution in [2.24, 2.45) is 0 Å². The first kappa shape index (κ1) is 20.0. The molecule has 144 valence electrons. The highest BCUT2D eigenvalue weighted by atomic mass is 79.9. The van der Waals surface area contributed by atoms with Gasteiger partial charge in [0.05, 0.1) is 19.9 Å². The maximum absolute atomic E-state index is 13.1. The van der Waals surface area contributed by atoms with Crippen molar-refractivity contribution in [3.8, 4) is 11.5 Å². The van der Waals surface area contributed by atoms with Crippen LogP contribution in [0.2, 0.25) is 0 Å². The van der Waals surface area contributed by atoms with Crippen LogP contribution in [0.15, 0.2) is 46.4 Å². The molecule has 2 aromatic carbocycles. The average Bonchev–Trinajstić information content (AvgIpc) is 2.66. The molecule has 2 amide bonds. The van der Waals surface area contributed by atoms with E-state index in [1.54, 1.807) is 24.3 Å². The normalized spacial score (nSPS) is 15.6. The van der Waals surface area contributed by atoms with Crippen molar-refractivity contribution in [1.82, 2.24) is 5.32 Å². The zero-order valence-corrected chi connectivity index (χ0v) is 17.8. The van der Waals surface area contributed by atoms with Crippen LogP contribution >= 0.6 is 28.1 Å². The lowest BCUT2D eigenvalue weighted by molar-refractivity contribution is -0.122. The van der Waals surface area contributed by atoms with Crippen molar-refractivity contribution >= 4 is 56.8 Å². The third-order valence-corrected chi connectivity index (χ3v) is 5.00. The molecule has 1 heterocycles. The summed E-state index contributed by atoms with van der Waals surface area (Å²) in [7, 11) is 3.05. The number of methoxy groups -OCH3 is 2. The van der Waals surface area contributed by atoms with Gasteiger partial charge in [0.25, 0.3) is 11.8 Å². The highest BCUT2D eigenvalue weighted by Crippen LogP contribution is 2.30. The van der Waals surface area contributed by atoms with Crippen molar-refractivity contribution in [3.05, 3.63) is 57.6 Å². The third kappa shape index (κ3) is 3.79. The fourth-order valence-electron chi connectivity index (χ4n) is 2.86. The molecule has 0 aromatic heterocycles. The number of carbonyl (C=O) groups excluding carboxylic acids is 2. The van der Waals surface area contributed by atoms with Crippen LogP contribution in [0.25, 0.3) is 6.08 Å². The zero-order valence-electron chi connectivity index (χ0n) is 15.4. The van der Waals surface area contributed by atoms with E-state index in [9.17, 15) is 9.59 Å². The second kappa shape index (κ2) is 8.12. The summed E-state index contributed by atoms with van der Waals surface area (Å²) in [5.74, 6) is 0.0127. The van der Waals surface area contributed by atoms with Gasteiger partial charge in [-0.15, -0.1) is 0 Å². The molecule has 1 saturated heterocycles. The molecule has 0 unspecified atom stereocenters. The second-order valence-electron chi connectivity index (χ2n) is 6.00. The molecule has 3 rings (SSSR count). The van der Waals surface area contributed by atoms with E-state index in [-0.39, 0.29) is 10.7 Å². The molecule has 28 heavy (non-hydrogen) atoms. The van der Waals surface area contributed by atoms with Gasteiger partial charge in [0.2, 0.25) is 0 Å². The van der Waals surface area contributed by atoms with Crippen LogP contribution < -0.4 is 19.7 Å². The molecule has 0 bridgehead atoms. The smallest absolute Gasteiger partial charge is 0.270 e. The Morgan fingerprint density at radius 2 is 1.79 bits per heavy atom. The fourth-order valence-corrected chi connectivity index (χ4v) is 3.60. The Bertz CT molecular complexity index is 1020. The highest BCUT2D eigenvalue weighted by molar-refractivity contribution is 9.10. The van der Waals surface area contributed by atoms with E-state index in [1.807, 2.05) is 19.1 Å². The number of thiocarbonyl (C=S) groups is 1. The number of halogens is 1. The van der Waals surface area contributed by atoms with E-state index in [0.29, 0.717) is 22.7 Å². The lowest BCUT2D eigenvalue weighted by Gasteiger charge is -2.30. The molecular formula is C20H17BrN2O4S. The molecule has 1 fully saturated rings. The first-order valence-corrected chi connectivity index (χ1v) is 9.45. The van der Waals surface area contributed by atoms with Gasteiger partial charge in [0.15, 0.2) is 16.6 Å². The predicted molar refractivity (Wildman–Crippen MR) is 115 cm³/mol. The molecule has 2 aromatic rings. The van der Waals surface area contributed by atoms with Crippen molar-refractivity contribution in [2.75, 3.05) is 19.1 Å². The summed E-state index contributed by atoms with van der Waals surface area (Å²) < 4.78 is 11.4. The molecule has 0 aliphatic carbocycles. The summed E-state index contributed by atoms with van der Waals surface area (Å²) in [6.45, 7) is 1.87. The van der Waals surface area contributed by atoms with Gasteiger partial charge in [-0.3, -0.25) is 19.8 Å². The van der Waals surface area contributed by atoms with E-state index in [0.717, 1.165) is 10.0 Å². The van der Waals surface area contributed by atoms with E-state index in [2.05, 4.69) is 21.2 Å². The summed E-state index contributed by atoms with van der Waals surface area (Å²) in [5.41, 5.74) is 2.04. The van der Waals surface area contributed by atoms with Crippen molar-refractivity contribution in [3.63, 3.8) is 0 Å². The zero-order chi connectivity index (χ0) is 20.4. The Hall–Kier alpha value is -2.71. The van der Waals surface area contributed by atoms with E-state index >= 15 is 0 Å². The number of rotatable bonds is 4. The molecular weight excluding hydrogens is 444 g/mol. The van der Waals surface area contributed by atoms with Gasteiger partial charge in [-0.2, -0.15) is 0 Å². The van der Waals surface area contributed by atoms with Crippen molar-refractivity contribution in [1.29, 1.82) is 0 Å². The summed E-state index contributed by atoms with van der Waals surface area (Å²) >= 11 is 8.65. The maximum Gasteiger partial charge on any atom is 0.270 e. The maximum atomic E-state index is 13.1. The molecule has 0 saturated carbocycles. The van der Waals surface area contributed by atoms with Gasteiger partial charge >= 0.3 is 0 Å². The Morgan fingerprint density at radius 3 is 2.43 bits per heavy atom. The van der Waals surface area contributed by atoms with Crippen molar-refractivity contribution < 1.29 is 19.1 Å². The van der Waals surface area contributed by atoms with E-state index < -0.39 is 11.8 Å². The van der Waals surface area contributed by atoms with Gasteiger partial charge in [0.1, 0.15) is 5.57 Å². The van der Waals surface area contributed by atoms with Gasteiger partial charge < -0.3 is 9.47 Å².